The van der Waals surface area contributed by atoms with Gasteiger partial charge in [-0.05, 0) is 47.6 Å². The van der Waals surface area contributed by atoms with E-state index < -0.39 is 0 Å². The highest BCUT2D eigenvalue weighted by molar-refractivity contribution is 5.65. The Balaban J connectivity index is 0.00000192. The smallest absolute Gasteiger partial charge is 0.115 e. The van der Waals surface area contributed by atoms with Gasteiger partial charge in [0.05, 0.1) is 19.6 Å². The Labute approximate surface area is 180 Å². The molecule has 0 radical (unpaired) electrons. The summed E-state index contributed by atoms with van der Waals surface area (Å²) in [5, 5.41) is 0. The van der Waals surface area contributed by atoms with Crippen LogP contribution in [0, 0.1) is 5.92 Å². The summed E-state index contributed by atoms with van der Waals surface area (Å²) in [6.45, 7) is 8.13. The molecule has 3 unspecified atom stereocenters. The van der Waals surface area contributed by atoms with Crippen LogP contribution in [0.1, 0.15) is 48.3 Å². The molecule has 2 heterocycles. The van der Waals surface area contributed by atoms with Crippen molar-refractivity contribution in [2.45, 2.75) is 37.6 Å². The van der Waals surface area contributed by atoms with Crippen LogP contribution in [0.5, 0.6) is 0 Å². The molecule has 2 aromatic carbocycles. The fraction of sp³-hybridized carbons (Fsp3) is 0.385. The maximum absolute atomic E-state index is 4.12. The lowest BCUT2D eigenvalue weighted by Gasteiger charge is -2.43. The largest absolute Gasteiger partial charge is 1.00 e. The highest BCUT2D eigenvalue weighted by Gasteiger charge is 2.53. The van der Waals surface area contributed by atoms with E-state index in [1.807, 2.05) is 0 Å². The SMILES string of the molecule is C=CCC1C2=Cc3ccccc3C(c3ccccc3)C2C[N+]12CCCCC2.[Br-]. The van der Waals surface area contributed by atoms with E-state index in [1.54, 1.807) is 5.57 Å². The van der Waals surface area contributed by atoms with Crippen LogP contribution in [0.15, 0.2) is 72.8 Å². The lowest BCUT2D eigenvalue weighted by Crippen LogP contribution is -3.00. The Morgan fingerprint density at radius 2 is 1.64 bits per heavy atom. The van der Waals surface area contributed by atoms with Gasteiger partial charge in [-0.25, -0.2) is 0 Å². The van der Waals surface area contributed by atoms with E-state index in [0.717, 1.165) is 6.42 Å². The summed E-state index contributed by atoms with van der Waals surface area (Å²) >= 11 is 0. The zero-order chi connectivity index (χ0) is 18.3. The first kappa shape index (κ1) is 19.7. The summed E-state index contributed by atoms with van der Waals surface area (Å²) in [7, 11) is 0. The van der Waals surface area contributed by atoms with Gasteiger partial charge in [-0.2, -0.15) is 0 Å². The summed E-state index contributed by atoms with van der Waals surface area (Å²) in [4.78, 5) is 0. The van der Waals surface area contributed by atoms with Gasteiger partial charge >= 0.3 is 0 Å². The van der Waals surface area contributed by atoms with Crippen molar-refractivity contribution >= 4 is 6.08 Å². The Hall–Kier alpha value is -1.64. The summed E-state index contributed by atoms with van der Waals surface area (Å²) in [6, 6.07) is 21.0. The van der Waals surface area contributed by atoms with Crippen molar-refractivity contribution in [1.82, 2.24) is 0 Å². The molecule has 0 saturated carbocycles. The van der Waals surface area contributed by atoms with Crippen LogP contribution in [0.25, 0.3) is 6.08 Å². The van der Waals surface area contributed by atoms with E-state index in [9.17, 15) is 0 Å². The molecule has 1 nitrogen and oxygen atoms in total. The molecular weight excluding hydrogens is 406 g/mol. The average Bonchev–Trinajstić information content (AvgIpc) is 3.00. The molecule has 0 amide bonds. The fourth-order valence-electron chi connectivity index (χ4n) is 6.24. The number of hydrogen-bond donors (Lipinski definition) is 0. The molecule has 5 rings (SSSR count). The lowest BCUT2D eigenvalue weighted by atomic mass is 9.71. The second kappa shape index (κ2) is 8.00. The van der Waals surface area contributed by atoms with Crippen molar-refractivity contribution in [3.8, 4) is 0 Å². The number of benzene rings is 2. The van der Waals surface area contributed by atoms with E-state index in [1.165, 1.54) is 60.1 Å². The fourth-order valence-corrected chi connectivity index (χ4v) is 6.24. The van der Waals surface area contributed by atoms with E-state index in [-0.39, 0.29) is 17.0 Å². The Bertz CT molecular complexity index is 863. The van der Waals surface area contributed by atoms with Crippen molar-refractivity contribution in [2.75, 3.05) is 19.6 Å². The first-order valence-corrected chi connectivity index (χ1v) is 10.6. The molecule has 0 aromatic heterocycles. The average molecular weight is 436 g/mol. The number of halogens is 1. The van der Waals surface area contributed by atoms with Crippen LogP contribution in [-0.2, 0) is 0 Å². The summed E-state index contributed by atoms with van der Waals surface area (Å²) in [5.41, 5.74) is 6.13. The molecule has 146 valence electrons. The van der Waals surface area contributed by atoms with Gasteiger partial charge in [0.2, 0.25) is 0 Å². The third kappa shape index (κ3) is 3.11. The molecule has 2 aliphatic heterocycles. The molecule has 3 atom stereocenters. The molecule has 2 heteroatoms. The first-order valence-electron chi connectivity index (χ1n) is 10.6. The van der Waals surface area contributed by atoms with Crippen LogP contribution in [-0.4, -0.2) is 30.2 Å². The van der Waals surface area contributed by atoms with Gasteiger partial charge in [0.25, 0.3) is 0 Å². The van der Waals surface area contributed by atoms with Crippen molar-refractivity contribution in [3.63, 3.8) is 0 Å². The van der Waals surface area contributed by atoms with Crippen LogP contribution in [0.2, 0.25) is 0 Å². The zero-order valence-corrected chi connectivity index (χ0v) is 18.2. The molecule has 1 aliphatic carbocycles. The van der Waals surface area contributed by atoms with E-state index in [0.29, 0.717) is 17.9 Å². The van der Waals surface area contributed by atoms with Crippen LogP contribution in [0.3, 0.4) is 0 Å². The Morgan fingerprint density at radius 3 is 2.39 bits per heavy atom. The molecule has 2 saturated heterocycles. The van der Waals surface area contributed by atoms with Gasteiger partial charge < -0.3 is 21.5 Å². The first-order chi connectivity index (χ1) is 13.3. The Kier molecular flexibility index (Phi) is 5.62. The molecule has 2 fully saturated rings. The van der Waals surface area contributed by atoms with Crippen molar-refractivity contribution in [2.24, 2.45) is 5.92 Å². The molecule has 3 aliphatic rings. The monoisotopic (exact) mass is 435 g/mol. The molecular formula is C26H30BrN. The second-order valence-corrected chi connectivity index (χ2v) is 8.72. The van der Waals surface area contributed by atoms with Gasteiger partial charge in [0.15, 0.2) is 0 Å². The molecule has 1 spiro atoms. The predicted octanol–water partition coefficient (Wildman–Crippen LogP) is 2.79. The summed E-state index contributed by atoms with van der Waals surface area (Å²) < 4.78 is 1.31. The van der Waals surface area contributed by atoms with Crippen molar-refractivity contribution in [3.05, 3.63) is 89.5 Å². The van der Waals surface area contributed by atoms with Crippen LogP contribution >= 0.6 is 0 Å². The van der Waals surface area contributed by atoms with E-state index in [4.69, 9.17) is 0 Å². The minimum absolute atomic E-state index is 0. The van der Waals surface area contributed by atoms with E-state index in [2.05, 4.69) is 73.3 Å². The summed E-state index contributed by atoms with van der Waals surface area (Å²) in [6.07, 6.45) is 10.0. The minimum atomic E-state index is 0. The Morgan fingerprint density at radius 1 is 0.929 bits per heavy atom. The number of fused-ring (bicyclic) bond motifs is 2. The molecule has 2 aromatic rings. The highest BCUT2D eigenvalue weighted by Crippen LogP contribution is 2.52. The third-order valence-electron chi connectivity index (χ3n) is 7.35. The predicted molar refractivity (Wildman–Crippen MR) is 114 cm³/mol. The molecule has 0 bridgehead atoms. The number of nitrogens with zero attached hydrogens (tertiary/aromatic N) is 1. The minimum Gasteiger partial charge on any atom is -1.00 e. The highest BCUT2D eigenvalue weighted by atomic mass is 79.9. The van der Waals surface area contributed by atoms with Crippen molar-refractivity contribution in [1.29, 1.82) is 0 Å². The van der Waals surface area contributed by atoms with E-state index >= 15 is 0 Å². The molecule has 28 heavy (non-hydrogen) atoms. The van der Waals surface area contributed by atoms with Gasteiger partial charge in [-0.15, -0.1) is 6.58 Å². The standard InChI is InChI=1S/C26H30N.BrH/c1-2-11-25-23-18-21-14-7-8-15-22(21)26(20-12-5-3-6-13-20)24(23)19-27(25)16-9-4-10-17-27;/h2-3,5-8,12-15,18,24-26H,1,4,9-11,16-17,19H2;1H/q+1;/p-1. The van der Waals surface area contributed by atoms with Crippen LogP contribution in [0.4, 0.5) is 0 Å². The van der Waals surface area contributed by atoms with Gasteiger partial charge in [-0.3, -0.25) is 0 Å². The number of rotatable bonds is 3. The lowest BCUT2D eigenvalue weighted by molar-refractivity contribution is -0.942. The normalized spacial score (nSPS) is 27.3. The van der Waals surface area contributed by atoms with Crippen LogP contribution < -0.4 is 17.0 Å². The maximum Gasteiger partial charge on any atom is 0.115 e. The van der Waals surface area contributed by atoms with Crippen molar-refractivity contribution < 1.29 is 21.5 Å². The second-order valence-electron chi connectivity index (χ2n) is 8.72. The third-order valence-corrected chi connectivity index (χ3v) is 7.35. The molecule has 0 N–H and O–H groups in total. The topological polar surface area (TPSA) is 0 Å². The van der Waals surface area contributed by atoms with Gasteiger partial charge in [0.1, 0.15) is 6.04 Å². The zero-order valence-electron chi connectivity index (χ0n) is 16.6. The number of quaternary nitrogens is 1. The number of piperidine rings is 1. The summed E-state index contributed by atoms with van der Waals surface area (Å²) in [5.74, 6) is 1.12. The van der Waals surface area contributed by atoms with Gasteiger partial charge in [-0.1, -0.05) is 60.7 Å². The number of hydrogen-bond acceptors (Lipinski definition) is 0. The van der Waals surface area contributed by atoms with Gasteiger partial charge in [0, 0.05) is 18.3 Å². The quantitative estimate of drug-likeness (QED) is 0.513. The maximum atomic E-state index is 4.12.